The van der Waals surface area contributed by atoms with Crippen LogP contribution in [0.1, 0.15) is 28.1 Å². The van der Waals surface area contributed by atoms with Crippen LogP contribution in [-0.4, -0.2) is 58.3 Å². The molecule has 1 fully saturated rings. The number of methoxy groups -OCH3 is 1. The molecule has 2 heterocycles. The van der Waals surface area contributed by atoms with E-state index in [1.165, 1.54) is 11.4 Å². The molecule has 2 aromatic carbocycles. The smallest absolute Gasteiger partial charge is 0.351 e. The van der Waals surface area contributed by atoms with Gasteiger partial charge >= 0.3 is 11.9 Å². The van der Waals surface area contributed by atoms with E-state index in [2.05, 4.69) is 21.2 Å². The fourth-order valence-electron chi connectivity index (χ4n) is 4.42. The molecule has 40 heavy (non-hydrogen) atoms. The van der Waals surface area contributed by atoms with Crippen LogP contribution in [0.3, 0.4) is 0 Å². The number of aliphatic carboxylic acids is 1. The highest BCUT2D eigenvalue weighted by Crippen LogP contribution is 2.47. The van der Waals surface area contributed by atoms with E-state index in [9.17, 15) is 18.0 Å². The van der Waals surface area contributed by atoms with E-state index in [-0.39, 0.29) is 32.5 Å². The number of carbonyl (C=O) groups is 2. The molecule has 3 aromatic rings. The van der Waals surface area contributed by atoms with Crippen molar-refractivity contribution in [1.82, 2.24) is 5.32 Å². The highest BCUT2D eigenvalue weighted by molar-refractivity contribution is 9.10. The molecule has 0 aliphatic carbocycles. The van der Waals surface area contributed by atoms with Crippen molar-refractivity contribution in [3.8, 4) is 16.2 Å². The SMILES string of the molecule is COC(=O)c1sc(-c2cccc(N(C3CCNCC3)S(=O)(=O)Cc3cccc(Cl)c3Cl)c2)c(Br)c1OCC(=O)O. The predicted molar refractivity (Wildman–Crippen MR) is 159 cm³/mol. The lowest BCUT2D eigenvalue weighted by Crippen LogP contribution is -2.46. The van der Waals surface area contributed by atoms with Crippen LogP contribution in [-0.2, 0) is 25.3 Å². The largest absolute Gasteiger partial charge is 0.479 e. The minimum atomic E-state index is -3.92. The lowest BCUT2D eigenvalue weighted by molar-refractivity contribution is -0.139. The van der Waals surface area contributed by atoms with Gasteiger partial charge in [0.05, 0.1) is 37.9 Å². The van der Waals surface area contributed by atoms with Crippen molar-refractivity contribution in [2.75, 3.05) is 31.1 Å². The Morgan fingerprint density at radius 3 is 2.55 bits per heavy atom. The van der Waals surface area contributed by atoms with Crippen molar-refractivity contribution in [2.45, 2.75) is 24.6 Å². The standard InChI is InChI=1S/C26H25BrCl2N2O7S2/c1-37-26(34)25-23(38-13-20(32)33)21(27)24(39-25)15-4-2-6-18(12-15)31(17-8-10-30-11-9-17)40(35,36)14-16-5-3-7-19(28)22(16)29/h2-7,12,17,30H,8-11,13-14H2,1H3,(H,32,33). The summed E-state index contributed by atoms with van der Waals surface area (Å²) in [5.41, 5.74) is 1.43. The fourth-order valence-corrected chi connectivity index (χ4v) is 8.73. The van der Waals surface area contributed by atoms with Gasteiger partial charge in [-0.2, -0.15) is 0 Å². The first-order valence-electron chi connectivity index (χ1n) is 12.0. The van der Waals surface area contributed by atoms with E-state index in [0.29, 0.717) is 52.1 Å². The number of sulfonamides is 1. The van der Waals surface area contributed by atoms with E-state index >= 15 is 0 Å². The fraction of sp³-hybridized carbons (Fsp3) is 0.308. The van der Waals surface area contributed by atoms with E-state index < -0.39 is 28.6 Å². The Morgan fingerprint density at radius 2 is 1.88 bits per heavy atom. The van der Waals surface area contributed by atoms with Crippen molar-refractivity contribution in [2.24, 2.45) is 0 Å². The van der Waals surface area contributed by atoms with Crippen LogP contribution in [0.2, 0.25) is 10.0 Å². The summed E-state index contributed by atoms with van der Waals surface area (Å²) in [6.45, 7) is 0.668. The second-order valence-corrected chi connectivity index (χ2v) is 13.3. The van der Waals surface area contributed by atoms with Crippen LogP contribution >= 0.6 is 50.5 Å². The minimum absolute atomic E-state index is 0.0399. The number of anilines is 1. The molecular weight excluding hydrogens is 667 g/mol. The molecule has 1 aliphatic heterocycles. The summed E-state index contributed by atoms with van der Waals surface area (Å²) < 4.78 is 40.0. The Labute approximate surface area is 254 Å². The number of thiophene rings is 1. The number of piperidine rings is 1. The highest BCUT2D eigenvalue weighted by Gasteiger charge is 2.33. The first-order valence-corrected chi connectivity index (χ1v) is 16.0. The molecule has 0 unspecified atom stereocenters. The number of hydrogen-bond donors (Lipinski definition) is 2. The molecule has 0 bridgehead atoms. The van der Waals surface area contributed by atoms with Crippen LogP contribution < -0.4 is 14.4 Å². The number of carbonyl (C=O) groups excluding carboxylic acids is 1. The lowest BCUT2D eigenvalue weighted by atomic mass is 10.1. The molecule has 0 radical (unpaired) electrons. The minimum Gasteiger partial charge on any atom is -0.479 e. The maximum atomic E-state index is 14.0. The predicted octanol–water partition coefficient (Wildman–Crippen LogP) is 5.82. The molecule has 0 amide bonds. The van der Waals surface area contributed by atoms with Gasteiger partial charge in [-0.3, -0.25) is 4.31 Å². The Morgan fingerprint density at radius 1 is 1.18 bits per heavy atom. The summed E-state index contributed by atoms with van der Waals surface area (Å²) in [6.07, 6.45) is 1.21. The maximum Gasteiger partial charge on any atom is 0.351 e. The average Bonchev–Trinajstić information content (AvgIpc) is 3.26. The van der Waals surface area contributed by atoms with Gasteiger partial charge in [0.1, 0.15) is 0 Å². The molecular formula is C26H25BrCl2N2O7S2. The van der Waals surface area contributed by atoms with Gasteiger partial charge in [0.2, 0.25) is 10.0 Å². The number of benzene rings is 2. The summed E-state index contributed by atoms with van der Waals surface area (Å²) >= 11 is 17.0. The summed E-state index contributed by atoms with van der Waals surface area (Å²) in [6, 6.07) is 11.5. The van der Waals surface area contributed by atoms with Crippen LogP contribution in [0.25, 0.3) is 10.4 Å². The number of carboxylic acids is 1. The molecule has 1 aromatic heterocycles. The number of hydrogen-bond acceptors (Lipinski definition) is 8. The lowest BCUT2D eigenvalue weighted by Gasteiger charge is -2.35. The van der Waals surface area contributed by atoms with Crippen molar-refractivity contribution >= 4 is 78.1 Å². The molecule has 14 heteroatoms. The van der Waals surface area contributed by atoms with Gasteiger partial charge in [0.25, 0.3) is 0 Å². The van der Waals surface area contributed by atoms with E-state index in [1.54, 1.807) is 42.5 Å². The monoisotopic (exact) mass is 690 g/mol. The number of nitrogens with zero attached hydrogens (tertiary/aromatic N) is 1. The topological polar surface area (TPSA) is 122 Å². The van der Waals surface area contributed by atoms with Crippen molar-refractivity contribution < 1.29 is 32.6 Å². The second-order valence-electron chi connectivity index (χ2n) is 8.87. The molecule has 214 valence electrons. The molecule has 4 rings (SSSR count). The number of rotatable bonds is 10. The third kappa shape index (κ3) is 6.75. The molecule has 0 saturated carbocycles. The zero-order valence-electron chi connectivity index (χ0n) is 21.2. The summed E-state index contributed by atoms with van der Waals surface area (Å²) in [4.78, 5) is 24.2. The van der Waals surface area contributed by atoms with Crippen molar-refractivity contribution in [1.29, 1.82) is 0 Å². The third-order valence-electron chi connectivity index (χ3n) is 6.19. The van der Waals surface area contributed by atoms with E-state index in [4.69, 9.17) is 37.8 Å². The quantitative estimate of drug-likeness (QED) is 0.255. The van der Waals surface area contributed by atoms with E-state index in [0.717, 1.165) is 11.3 Å². The van der Waals surface area contributed by atoms with Crippen molar-refractivity contribution in [3.05, 3.63) is 67.4 Å². The molecule has 0 spiro atoms. The van der Waals surface area contributed by atoms with Crippen LogP contribution in [0.5, 0.6) is 5.75 Å². The Hall–Kier alpha value is -2.35. The zero-order chi connectivity index (χ0) is 29.0. The first-order chi connectivity index (χ1) is 19.0. The van der Waals surface area contributed by atoms with Gasteiger partial charge < -0.3 is 19.9 Å². The van der Waals surface area contributed by atoms with Crippen molar-refractivity contribution in [3.63, 3.8) is 0 Å². The molecule has 2 N–H and O–H groups in total. The van der Waals surface area contributed by atoms with E-state index in [1.807, 2.05) is 0 Å². The first kappa shape index (κ1) is 30.6. The van der Waals surface area contributed by atoms with Crippen LogP contribution in [0, 0.1) is 0 Å². The highest BCUT2D eigenvalue weighted by atomic mass is 79.9. The maximum absolute atomic E-state index is 14.0. The van der Waals surface area contributed by atoms with Gasteiger partial charge in [0.15, 0.2) is 17.2 Å². The summed E-state index contributed by atoms with van der Waals surface area (Å²) in [7, 11) is -2.71. The number of halogens is 3. The molecule has 0 atom stereocenters. The second kappa shape index (κ2) is 13.1. The van der Waals surface area contributed by atoms with Gasteiger partial charge in [0, 0.05) is 6.04 Å². The average molecular weight is 692 g/mol. The Kier molecular flexibility index (Phi) is 10.0. The number of nitrogens with one attached hydrogen (secondary N) is 1. The van der Waals surface area contributed by atoms with Crippen LogP contribution in [0.4, 0.5) is 5.69 Å². The van der Waals surface area contributed by atoms with Gasteiger partial charge in [-0.1, -0.05) is 47.5 Å². The molecule has 1 aliphatic rings. The zero-order valence-corrected chi connectivity index (χ0v) is 25.9. The molecule has 9 nitrogen and oxygen atoms in total. The number of ether oxygens (including phenoxy) is 2. The van der Waals surface area contributed by atoms with Gasteiger partial charge in [-0.25, -0.2) is 18.0 Å². The summed E-state index contributed by atoms with van der Waals surface area (Å²) in [5.74, 6) is -2.20. The van der Waals surface area contributed by atoms with Crippen LogP contribution in [0.15, 0.2) is 46.9 Å². The Bertz CT molecular complexity index is 1530. The third-order valence-corrected chi connectivity index (χ3v) is 11.1. The Balaban J connectivity index is 1.79. The number of esters is 1. The van der Waals surface area contributed by atoms with Gasteiger partial charge in [-0.15, -0.1) is 11.3 Å². The normalized spacial score (nSPS) is 14.1. The summed E-state index contributed by atoms with van der Waals surface area (Å²) in [5, 5.41) is 12.8. The molecule has 1 saturated heterocycles. The van der Waals surface area contributed by atoms with Gasteiger partial charge in [-0.05, 0) is 71.2 Å². The number of carboxylic acid groups (broad SMARTS) is 1.